The van der Waals surface area contributed by atoms with Crippen LogP contribution in [0.2, 0.25) is 0 Å². The Bertz CT molecular complexity index is 342. The average molecular weight is 217 g/mol. The minimum absolute atomic E-state index is 0.0244. The summed E-state index contributed by atoms with van der Waals surface area (Å²) in [5.41, 5.74) is 1.01. The van der Waals surface area contributed by atoms with E-state index < -0.39 is 0 Å². The number of aliphatic hydroxyl groups excluding tert-OH is 1. The second-order valence-corrected chi connectivity index (χ2v) is 4.16. The molecule has 0 unspecified atom stereocenters. The van der Waals surface area contributed by atoms with E-state index in [9.17, 15) is 4.79 Å². The van der Waals surface area contributed by atoms with Gasteiger partial charge in [0.25, 0.3) is 0 Å². The van der Waals surface area contributed by atoms with Gasteiger partial charge in [0.05, 0.1) is 26.4 Å². The average Bonchev–Trinajstić information content (AvgIpc) is 2.38. The number of nitrogens with zero attached hydrogens (tertiary/aromatic N) is 1. The maximum atomic E-state index is 11.4. The lowest BCUT2D eigenvalue weighted by atomic mass is 10.4. The van der Waals surface area contributed by atoms with Crippen molar-refractivity contribution in [3.8, 4) is 0 Å². The van der Waals surface area contributed by atoms with Crippen molar-refractivity contribution in [2.45, 2.75) is 20.4 Å². The zero-order valence-electron chi connectivity index (χ0n) is 8.45. The van der Waals surface area contributed by atoms with Crippen LogP contribution in [-0.4, -0.2) is 29.5 Å². The Kier molecular flexibility index (Phi) is 4.31. The van der Waals surface area contributed by atoms with Crippen LogP contribution in [0.1, 0.15) is 10.6 Å². The zero-order valence-corrected chi connectivity index (χ0v) is 9.26. The molecule has 0 radical (unpaired) electrons. The summed E-state index contributed by atoms with van der Waals surface area (Å²) in [5.74, 6) is 0. The molecule has 80 valence electrons. The van der Waals surface area contributed by atoms with Crippen molar-refractivity contribution in [3.63, 3.8) is 0 Å². The molecule has 4 nitrogen and oxygen atoms in total. The molecule has 5 heteroatoms. The van der Waals surface area contributed by atoms with Crippen molar-refractivity contribution >= 4 is 11.3 Å². The first-order valence-electron chi connectivity index (χ1n) is 4.52. The van der Waals surface area contributed by atoms with Gasteiger partial charge >= 0.3 is 4.87 Å². The third-order valence-corrected chi connectivity index (χ3v) is 3.07. The highest BCUT2D eigenvalue weighted by molar-refractivity contribution is 7.09. The third kappa shape index (κ3) is 2.67. The van der Waals surface area contributed by atoms with Crippen molar-refractivity contribution in [2.75, 3.05) is 19.8 Å². The van der Waals surface area contributed by atoms with Crippen LogP contribution < -0.4 is 4.87 Å². The number of aryl methyl sites for hydroxylation is 1. The third-order valence-electron chi connectivity index (χ3n) is 2.07. The van der Waals surface area contributed by atoms with Gasteiger partial charge < -0.3 is 14.4 Å². The van der Waals surface area contributed by atoms with E-state index in [4.69, 9.17) is 9.84 Å². The van der Waals surface area contributed by atoms with Crippen molar-refractivity contribution in [3.05, 3.63) is 20.2 Å². The monoisotopic (exact) mass is 217 g/mol. The Morgan fingerprint density at radius 1 is 1.43 bits per heavy atom. The molecule has 0 amide bonds. The van der Waals surface area contributed by atoms with E-state index in [2.05, 4.69) is 0 Å². The van der Waals surface area contributed by atoms with Crippen LogP contribution in [0.15, 0.2) is 4.79 Å². The molecule has 0 fully saturated rings. The van der Waals surface area contributed by atoms with E-state index in [1.165, 1.54) is 11.3 Å². The standard InChI is InChI=1S/C9H15NO3S/c1-7-8(2)14-9(12)10(7)3-5-13-6-4-11/h11H,3-6H2,1-2H3. The molecule has 0 atom stereocenters. The summed E-state index contributed by atoms with van der Waals surface area (Å²) in [6.45, 7) is 5.26. The van der Waals surface area contributed by atoms with E-state index in [0.29, 0.717) is 19.8 Å². The first-order valence-corrected chi connectivity index (χ1v) is 5.34. The van der Waals surface area contributed by atoms with Crippen LogP contribution >= 0.6 is 11.3 Å². The Morgan fingerprint density at radius 3 is 2.64 bits per heavy atom. The molecule has 0 aliphatic carbocycles. The summed E-state index contributed by atoms with van der Waals surface area (Å²) in [6, 6.07) is 0. The second kappa shape index (κ2) is 5.29. The van der Waals surface area contributed by atoms with E-state index >= 15 is 0 Å². The summed E-state index contributed by atoms with van der Waals surface area (Å²) >= 11 is 1.26. The van der Waals surface area contributed by atoms with Gasteiger partial charge in [-0.3, -0.25) is 4.79 Å². The minimum atomic E-state index is 0.0244. The first-order chi connectivity index (χ1) is 6.66. The smallest absolute Gasteiger partial charge is 0.307 e. The van der Waals surface area contributed by atoms with E-state index in [0.717, 1.165) is 10.6 Å². The molecular formula is C9H15NO3S. The van der Waals surface area contributed by atoms with Gasteiger partial charge in [0, 0.05) is 10.6 Å². The molecule has 1 heterocycles. The predicted molar refractivity (Wildman–Crippen MR) is 56.0 cm³/mol. The molecule has 0 bridgehead atoms. The van der Waals surface area contributed by atoms with E-state index in [1.807, 2.05) is 13.8 Å². The molecule has 0 saturated carbocycles. The van der Waals surface area contributed by atoms with Crippen LogP contribution in [-0.2, 0) is 11.3 Å². The lowest BCUT2D eigenvalue weighted by molar-refractivity contribution is 0.0865. The molecule has 0 aliphatic heterocycles. The van der Waals surface area contributed by atoms with Crippen molar-refractivity contribution < 1.29 is 9.84 Å². The number of hydrogen-bond donors (Lipinski definition) is 1. The van der Waals surface area contributed by atoms with E-state index in [-0.39, 0.29) is 11.5 Å². The fraction of sp³-hybridized carbons (Fsp3) is 0.667. The van der Waals surface area contributed by atoms with Crippen molar-refractivity contribution in [2.24, 2.45) is 0 Å². The maximum absolute atomic E-state index is 11.4. The maximum Gasteiger partial charge on any atom is 0.307 e. The Balaban J connectivity index is 2.54. The van der Waals surface area contributed by atoms with Crippen LogP contribution in [0.4, 0.5) is 0 Å². The predicted octanol–water partition coefficient (Wildman–Crippen LogP) is 0.536. The number of thiazole rings is 1. The summed E-state index contributed by atoms with van der Waals surface area (Å²) in [6.07, 6.45) is 0. The fourth-order valence-corrected chi connectivity index (χ4v) is 2.03. The van der Waals surface area contributed by atoms with Gasteiger partial charge in [0.2, 0.25) is 0 Å². The highest BCUT2D eigenvalue weighted by Gasteiger charge is 2.06. The molecule has 0 spiro atoms. The summed E-state index contributed by atoms with van der Waals surface area (Å²) in [7, 11) is 0. The van der Waals surface area contributed by atoms with Gasteiger partial charge in [0.15, 0.2) is 0 Å². The fourth-order valence-electron chi connectivity index (χ4n) is 1.17. The molecular weight excluding hydrogens is 202 g/mol. The number of hydrogen-bond acceptors (Lipinski definition) is 4. The van der Waals surface area contributed by atoms with Crippen LogP contribution in [0.25, 0.3) is 0 Å². The van der Waals surface area contributed by atoms with Gasteiger partial charge in [-0.25, -0.2) is 0 Å². The van der Waals surface area contributed by atoms with Crippen LogP contribution in [0.3, 0.4) is 0 Å². The topological polar surface area (TPSA) is 51.5 Å². The molecule has 1 aromatic rings. The van der Waals surface area contributed by atoms with Gasteiger partial charge in [0.1, 0.15) is 0 Å². The quantitative estimate of drug-likeness (QED) is 0.732. The number of aliphatic hydroxyl groups is 1. The second-order valence-electron chi connectivity index (χ2n) is 3.00. The Hall–Kier alpha value is -0.650. The van der Waals surface area contributed by atoms with Gasteiger partial charge in [-0.05, 0) is 13.8 Å². The Morgan fingerprint density at radius 2 is 2.14 bits per heavy atom. The van der Waals surface area contributed by atoms with Crippen molar-refractivity contribution in [1.82, 2.24) is 4.57 Å². The lowest BCUT2D eigenvalue weighted by Crippen LogP contribution is -2.18. The van der Waals surface area contributed by atoms with Gasteiger partial charge in [-0.1, -0.05) is 11.3 Å². The van der Waals surface area contributed by atoms with Gasteiger partial charge in [-0.2, -0.15) is 0 Å². The number of ether oxygens (including phenoxy) is 1. The Labute approximate surface area is 86.8 Å². The van der Waals surface area contributed by atoms with Crippen LogP contribution in [0.5, 0.6) is 0 Å². The van der Waals surface area contributed by atoms with Crippen LogP contribution in [0, 0.1) is 13.8 Å². The molecule has 1 rings (SSSR count). The largest absolute Gasteiger partial charge is 0.394 e. The zero-order chi connectivity index (χ0) is 10.6. The molecule has 1 aromatic heterocycles. The summed E-state index contributed by atoms with van der Waals surface area (Å²) in [5, 5.41) is 8.49. The number of aromatic nitrogens is 1. The summed E-state index contributed by atoms with van der Waals surface area (Å²) < 4.78 is 6.81. The summed E-state index contributed by atoms with van der Waals surface area (Å²) in [4.78, 5) is 12.5. The first kappa shape index (κ1) is 11.4. The highest BCUT2D eigenvalue weighted by Crippen LogP contribution is 2.08. The molecule has 1 N–H and O–H groups in total. The van der Waals surface area contributed by atoms with Crippen molar-refractivity contribution in [1.29, 1.82) is 0 Å². The highest BCUT2D eigenvalue weighted by atomic mass is 32.1. The molecule has 0 aliphatic rings. The lowest BCUT2D eigenvalue weighted by Gasteiger charge is -2.04. The molecule has 14 heavy (non-hydrogen) atoms. The minimum Gasteiger partial charge on any atom is -0.394 e. The van der Waals surface area contributed by atoms with Gasteiger partial charge in [-0.15, -0.1) is 0 Å². The molecule has 0 aromatic carbocycles. The SMILES string of the molecule is Cc1sc(=O)n(CCOCCO)c1C. The number of rotatable bonds is 5. The van der Waals surface area contributed by atoms with E-state index in [1.54, 1.807) is 4.57 Å². The molecule has 0 saturated heterocycles. The normalized spacial score (nSPS) is 10.8.